The van der Waals surface area contributed by atoms with Crippen LogP contribution in [0.1, 0.15) is 24.1 Å². The molecule has 2 aromatic rings. The van der Waals surface area contributed by atoms with Crippen LogP contribution in [0.5, 0.6) is 0 Å². The van der Waals surface area contributed by atoms with Gasteiger partial charge in [-0.1, -0.05) is 30.3 Å². The van der Waals surface area contributed by atoms with Gasteiger partial charge < -0.3 is 16.4 Å². The van der Waals surface area contributed by atoms with E-state index in [2.05, 4.69) is 15.7 Å². The molecule has 0 radical (unpaired) electrons. The number of hydrogen-bond donors (Lipinski definition) is 3. The van der Waals surface area contributed by atoms with Crippen molar-refractivity contribution in [2.24, 2.45) is 5.73 Å². The summed E-state index contributed by atoms with van der Waals surface area (Å²) in [4.78, 5) is 12.1. The zero-order valence-electron chi connectivity index (χ0n) is 11.7. The lowest BCUT2D eigenvalue weighted by atomic mass is 10.1. The van der Waals surface area contributed by atoms with Gasteiger partial charge >= 0.3 is 0 Å². The average Bonchev–Trinajstić information content (AvgIpc) is 3.18. The van der Waals surface area contributed by atoms with E-state index in [1.54, 1.807) is 6.07 Å². The molecule has 2 atom stereocenters. The fraction of sp³-hybridized carbons (Fsp3) is 0.333. The van der Waals surface area contributed by atoms with Crippen LogP contribution in [0, 0.1) is 0 Å². The van der Waals surface area contributed by atoms with Gasteiger partial charge in [0, 0.05) is 18.8 Å². The summed E-state index contributed by atoms with van der Waals surface area (Å²) >= 11 is 0. The Kier molecular flexibility index (Phi) is 3.98. The van der Waals surface area contributed by atoms with Crippen molar-refractivity contribution in [3.63, 3.8) is 0 Å². The summed E-state index contributed by atoms with van der Waals surface area (Å²) in [7, 11) is 0. The van der Waals surface area contributed by atoms with Crippen LogP contribution in [0.2, 0.25) is 0 Å². The van der Waals surface area contributed by atoms with Gasteiger partial charge in [-0.15, -0.1) is 0 Å². The van der Waals surface area contributed by atoms with Crippen LogP contribution in [0.4, 0.5) is 5.82 Å². The first kappa shape index (κ1) is 13.8. The summed E-state index contributed by atoms with van der Waals surface area (Å²) in [5.74, 6) is 0.286. The van der Waals surface area contributed by atoms with Crippen LogP contribution in [-0.4, -0.2) is 28.8 Å². The van der Waals surface area contributed by atoms with E-state index in [1.165, 1.54) is 0 Å². The second kappa shape index (κ2) is 6.07. The third-order valence-electron chi connectivity index (χ3n) is 3.71. The van der Waals surface area contributed by atoms with Crippen molar-refractivity contribution in [2.75, 3.05) is 18.4 Å². The molecule has 4 N–H and O–H groups in total. The molecular formula is C15H19N5O. The summed E-state index contributed by atoms with van der Waals surface area (Å²) < 4.78 is 1.89. The summed E-state index contributed by atoms with van der Waals surface area (Å²) in [6.45, 7) is 1.92. The van der Waals surface area contributed by atoms with E-state index in [4.69, 9.17) is 5.73 Å². The van der Waals surface area contributed by atoms with Gasteiger partial charge in [-0.3, -0.25) is 9.48 Å². The molecule has 6 heteroatoms. The van der Waals surface area contributed by atoms with Gasteiger partial charge in [0.1, 0.15) is 6.04 Å². The molecule has 1 aliphatic rings. The molecule has 2 unspecified atom stereocenters. The molecule has 1 saturated heterocycles. The lowest BCUT2D eigenvalue weighted by Crippen LogP contribution is -2.28. The van der Waals surface area contributed by atoms with Crippen LogP contribution in [0.15, 0.2) is 42.6 Å². The molecule has 1 fully saturated rings. The molecule has 0 saturated carbocycles. The van der Waals surface area contributed by atoms with Gasteiger partial charge in [-0.05, 0) is 18.5 Å². The minimum absolute atomic E-state index is 0.254. The van der Waals surface area contributed by atoms with Crippen LogP contribution < -0.4 is 16.4 Å². The quantitative estimate of drug-likeness (QED) is 0.784. The Morgan fingerprint density at radius 2 is 2.19 bits per heavy atom. The van der Waals surface area contributed by atoms with Crippen molar-refractivity contribution < 1.29 is 4.79 Å². The smallest absolute Gasteiger partial charge is 0.247 e. The number of hydrogen-bond acceptors (Lipinski definition) is 4. The molecule has 3 rings (SSSR count). The maximum atomic E-state index is 12.1. The molecule has 21 heavy (non-hydrogen) atoms. The molecule has 110 valence electrons. The van der Waals surface area contributed by atoms with Crippen molar-refractivity contribution in [3.05, 3.63) is 48.2 Å². The van der Waals surface area contributed by atoms with Crippen LogP contribution in [0.3, 0.4) is 0 Å². The highest BCUT2D eigenvalue weighted by atomic mass is 16.2. The van der Waals surface area contributed by atoms with Crippen molar-refractivity contribution in [1.29, 1.82) is 0 Å². The zero-order chi connectivity index (χ0) is 14.7. The number of carbonyl (C=O) groups excluding carboxylic acids is 1. The Morgan fingerprint density at radius 3 is 2.90 bits per heavy atom. The van der Waals surface area contributed by atoms with E-state index in [0.717, 1.165) is 25.1 Å². The highest BCUT2D eigenvalue weighted by Gasteiger charge is 2.19. The monoisotopic (exact) mass is 285 g/mol. The Balaban J connectivity index is 1.64. The fourth-order valence-electron chi connectivity index (χ4n) is 2.49. The summed E-state index contributed by atoms with van der Waals surface area (Å²) in [6, 6.07) is 10.8. The van der Waals surface area contributed by atoms with Crippen LogP contribution in [-0.2, 0) is 4.79 Å². The van der Waals surface area contributed by atoms with E-state index < -0.39 is 6.04 Å². The van der Waals surface area contributed by atoms with Crippen molar-refractivity contribution >= 4 is 11.7 Å². The van der Waals surface area contributed by atoms with Gasteiger partial charge in [0.2, 0.25) is 5.91 Å². The number of anilines is 1. The number of nitrogens with one attached hydrogen (secondary N) is 2. The lowest BCUT2D eigenvalue weighted by Gasteiger charge is -2.11. The van der Waals surface area contributed by atoms with Crippen LogP contribution in [0.25, 0.3) is 0 Å². The van der Waals surface area contributed by atoms with Gasteiger partial charge in [-0.25, -0.2) is 0 Å². The van der Waals surface area contributed by atoms with Gasteiger partial charge in [-0.2, -0.15) is 5.10 Å². The van der Waals surface area contributed by atoms with E-state index >= 15 is 0 Å². The Morgan fingerprint density at radius 1 is 1.38 bits per heavy atom. The number of carbonyl (C=O) groups is 1. The van der Waals surface area contributed by atoms with Gasteiger partial charge in [0.15, 0.2) is 5.82 Å². The average molecular weight is 285 g/mol. The lowest BCUT2D eigenvalue weighted by molar-refractivity contribution is -0.117. The standard InChI is InChI=1S/C15H19N5O/c16-14(11-4-2-1-3-5-11)15(21)18-13-7-9-20(19-13)12-6-8-17-10-12/h1-5,7,9,12,14,17H,6,8,10,16H2,(H,18,19,21). The van der Waals surface area contributed by atoms with E-state index in [1.807, 2.05) is 41.2 Å². The maximum absolute atomic E-state index is 12.1. The molecule has 2 heterocycles. The number of benzene rings is 1. The predicted molar refractivity (Wildman–Crippen MR) is 80.8 cm³/mol. The highest BCUT2D eigenvalue weighted by molar-refractivity contribution is 5.94. The predicted octanol–water partition coefficient (Wildman–Crippen LogP) is 1.06. The Hall–Kier alpha value is -2.18. The molecule has 0 aliphatic carbocycles. The first-order chi connectivity index (χ1) is 10.2. The molecule has 0 spiro atoms. The highest BCUT2D eigenvalue weighted by Crippen LogP contribution is 2.17. The molecule has 1 aromatic heterocycles. The zero-order valence-corrected chi connectivity index (χ0v) is 11.7. The Labute approximate surface area is 123 Å². The largest absolute Gasteiger partial charge is 0.316 e. The first-order valence-electron chi connectivity index (χ1n) is 7.11. The van der Waals surface area contributed by atoms with Gasteiger partial charge in [0.25, 0.3) is 0 Å². The molecular weight excluding hydrogens is 266 g/mol. The molecule has 0 bridgehead atoms. The SMILES string of the molecule is NC(C(=O)Nc1ccn(C2CCNC2)n1)c1ccccc1. The molecule has 1 aromatic carbocycles. The van der Waals surface area contributed by atoms with E-state index in [0.29, 0.717) is 11.9 Å². The minimum atomic E-state index is -0.690. The van der Waals surface area contributed by atoms with E-state index in [-0.39, 0.29) is 5.91 Å². The first-order valence-corrected chi connectivity index (χ1v) is 7.11. The van der Waals surface area contributed by atoms with Crippen molar-refractivity contribution in [3.8, 4) is 0 Å². The summed E-state index contributed by atoms with van der Waals surface area (Å²) in [5, 5.41) is 10.5. The normalized spacial score (nSPS) is 19.4. The van der Waals surface area contributed by atoms with Crippen molar-refractivity contribution in [2.45, 2.75) is 18.5 Å². The van der Waals surface area contributed by atoms with Crippen molar-refractivity contribution in [1.82, 2.24) is 15.1 Å². The summed E-state index contributed by atoms with van der Waals surface area (Å²) in [5.41, 5.74) is 6.75. The van der Waals surface area contributed by atoms with Crippen LogP contribution >= 0.6 is 0 Å². The molecule has 6 nitrogen and oxygen atoms in total. The number of nitrogens with zero attached hydrogens (tertiary/aromatic N) is 2. The maximum Gasteiger partial charge on any atom is 0.247 e. The number of nitrogens with two attached hydrogens (primary N) is 1. The van der Waals surface area contributed by atoms with Gasteiger partial charge in [0.05, 0.1) is 6.04 Å². The molecule has 1 amide bonds. The second-order valence-electron chi connectivity index (χ2n) is 5.21. The minimum Gasteiger partial charge on any atom is -0.316 e. The molecule has 1 aliphatic heterocycles. The second-order valence-corrected chi connectivity index (χ2v) is 5.21. The third-order valence-corrected chi connectivity index (χ3v) is 3.71. The number of aromatic nitrogens is 2. The third kappa shape index (κ3) is 3.12. The Bertz CT molecular complexity index is 604. The van der Waals surface area contributed by atoms with E-state index in [9.17, 15) is 4.79 Å². The fourth-order valence-corrected chi connectivity index (χ4v) is 2.49. The number of rotatable bonds is 4. The number of amides is 1. The topological polar surface area (TPSA) is 85.0 Å². The summed E-state index contributed by atoms with van der Waals surface area (Å²) in [6.07, 6.45) is 2.94.